The van der Waals surface area contributed by atoms with Crippen LogP contribution >= 0.6 is 0 Å². The summed E-state index contributed by atoms with van der Waals surface area (Å²) in [5, 5.41) is 0. The van der Waals surface area contributed by atoms with E-state index in [1.54, 1.807) is 0 Å². The van der Waals surface area contributed by atoms with Crippen LogP contribution in [0.2, 0.25) is 0 Å². The second-order valence-electron chi connectivity index (χ2n) is 8.14. The van der Waals surface area contributed by atoms with Gasteiger partial charge in [0.25, 0.3) is 0 Å². The van der Waals surface area contributed by atoms with Gasteiger partial charge < -0.3 is 9.64 Å². The van der Waals surface area contributed by atoms with Crippen LogP contribution in [0.4, 0.5) is 36.8 Å². The van der Waals surface area contributed by atoms with Crippen LogP contribution in [0.15, 0.2) is 42.6 Å². The zero-order valence-corrected chi connectivity index (χ0v) is 18.2. The number of carbonyl (C=O) groups is 2. The van der Waals surface area contributed by atoms with Gasteiger partial charge in [0.15, 0.2) is 5.78 Å². The third-order valence-corrected chi connectivity index (χ3v) is 5.27. The summed E-state index contributed by atoms with van der Waals surface area (Å²) >= 11 is 0. The zero-order chi connectivity index (χ0) is 25.3. The highest BCUT2D eigenvalue weighted by molar-refractivity contribution is 5.97. The van der Waals surface area contributed by atoms with E-state index in [0.29, 0.717) is 5.56 Å². The molecule has 0 saturated carbocycles. The molecule has 2 heterocycles. The number of ether oxygens (including phenoxy) is 1. The first-order valence-electron chi connectivity index (χ1n) is 10.2. The van der Waals surface area contributed by atoms with E-state index in [4.69, 9.17) is 0 Å². The largest absolute Gasteiger partial charge is 0.573 e. The molecule has 0 aliphatic carbocycles. The maximum atomic E-state index is 13.0. The number of halogens is 6. The summed E-state index contributed by atoms with van der Waals surface area (Å²) in [5.41, 5.74) is -0.461. The summed E-state index contributed by atoms with van der Waals surface area (Å²) in [7, 11) is 0. The minimum Gasteiger partial charge on any atom is -0.406 e. The highest BCUT2D eigenvalue weighted by Crippen LogP contribution is 2.31. The molecule has 1 atom stereocenters. The molecule has 2 aromatic rings. The van der Waals surface area contributed by atoms with Crippen molar-refractivity contribution in [3.8, 4) is 5.75 Å². The Kier molecular flexibility index (Phi) is 7.08. The number of ketones is 1. The van der Waals surface area contributed by atoms with Gasteiger partial charge in [-0.1, -0.05) is 26.0 Å². The second kappa shape index (κ2) is 9.51. The fourth-order valence-electron chi connectivity index (χ4n) is 3.63. The normalized spacial score (nSPS) is 17.0. The number of pyridine rings is 1. The van der Waals surface area contributed by atoms with E-state index in [2.05, 4.69) is 9.72 Å². The van der Waals surface area contributed by atoms with Crippen molar-refractivity contribution < 1.29 is 40.7 Å². The standard InChI is InChI=1S/C22H21F6N3O3/c1-13(2)18-12-30(15-5-8-19(29-10-15)21(23,24)25)20(33)31(18)11-16(32)9-14-3-6-17(7-4-14)34-22(26,27)28/h3-8,10,13,18H,9,11-12H2,1-2H3/t18-/m1/s1. The van der Waals surface area contributed by atoms with Gasteiger partial charge in [-0.3, -0.25) is 9.69 Å². The number of urea groups is 1. The molecule has 184 valence electrons. The molecular formula is C22H21F6N3O3. The summed E-state index contributed by atoms with van der Waals surface area (Å²) in [4.78, 5) is 31.6. The van der Waals surface area contributed by atoms with Gasteiger partial charge in [-0.2, -0.15) is 13.2 Å². The van der Waals surface area contributed by atoms with Gasteiger partial charge in [-0.05, 0) is 35.7 Å². The maximum Gasteiger partial charge on any atom is 0.573 e. The third kappa shape index (κ3) is 6.17. The van der Waals surface area contributed by atoms with Crippen molar-refractivity contribution in [1.29, 1.82) is 0 Å². The molecule has 1 aliphatic rings. The van der Waals surface area contributed by atoms with E-state index in [9.17, 15) is 35.9 Å². The van der Waals surface area contributed by atoms with Crippen molar-refractivity contribution in [3.63, 3.8) is 0 Å². The maximum absolute atomic E-state index is 13.0. The minimum atomic E-state index is -4.83. The summed E-state index contributed by atoms with van der Waals surface area (Å²) < 4.78 is 78.9. The molecular weight excluding hydrogens is 468 g/mol. The molecule has 1 aliphatic heterocycles. The molecule has 1 aromatic heterocycles. The lowest BCUT2D eigenvalue weighted by Crippen LogP contribution is -2.41. The summed E-state index contributed by atoms with van der Waals surface area (Å²) in [6.45, 7) is 3.61. The number of aromatic nitrogens is 1. The number of amides is 2. The highest BCUT2D eigenvalue weighted by atomic mass is 19.4. The van der Waals surface area contributed by atoms with E-state index in [1.165, 1.54) is 21.9 Å². The molecule has 0 spiro atoms. The summed E-state index contributed by atoms with van der Waals surface area (Å²) in [6, 6.07) is 5.86. The van der Waals surface area contributed by atoms with Crippen molar-refractivity contribution in [2.45, 2.75) is 38.8 Å². The number of alkyl halides is 6. The SMILES string of the molecule is CC(C)[C@H]1CN(c2ccc(C(F)(F)F)nc2)C(=O)N1CC(=O)Cc1ccc(OC(F)(F)F)cc1. The fraction of sp³-hybridized carbons (Fsp3) is 0.409. The van der Waals surface area contributed by atoms with Gasteiger partial charge in [-0.15, -0.1) is 13.2 Å². The van der Waals surface area contributed by atoms with Gasteiger partial charge >= 0.3 is 18.6 Å². The molecule has 3 rings (SSSR count). The lowest BCUT2D eigenvalue weighted by Gasteiger charge is -2.25. The number of benzene rings is 1. The molecule has 0 bridgehead atoms. The van der Waals surface area contributed by atoms with Crippen molar-refractivity contribution in [2.75, 3.05) is 18.0 Å². The summed E-state index contributed by atoms with van der Waals surface area (Å²) in [6.07, 6.45) is -8.59. The van der Waals surface area contributed by atoms with E-state index >= 15 is 0 Å². The Morgan fingerprint density at radius 2 is 1.74 bits per heavy atom. The highest BCUT2D eigenvalue weighted by Gasteiger charge is 2.41. The average molecular weight is 489 g/mol. The van der Waals surface area contributed by atoms with Gasteiger partial charge in [-0.25, -0.2) is 9.78 Å². The Labute approximate surface area is 191 Å². The first-order valence-corrected chi connectivity index (χ1v) is 10.2. The molecule has 0 radical (unpaired) electrons. The lowest BCUT2D eigenvalue weighted by molar-refractivity contribution is -0.274. The van der Waals surface area contributed by atoms with Crippen molar-refractivity contribution in [2.24, 2.45) is 5.92 Å². The predicted molar refractivity (Wildman–Crippen MR) is 109 cm³/mol. The number of anilines is 1. The first kappa shape index (κ1) is 25.3. The third-order valence-electron chi connectivity index (χ3n) is 5.27. The van der Waals surface area contributed by atoms with Gasteiger partial charge in [0, 0.05) is 13.0 Å². The first-order chi connectivity index (χ1) is 15.7. The molecule has 1 saturated heterocycles. The van der Waals surface area contributed by atoms with Crippen LogP contribution in [-0.4, -0.2) is 47.2 Å². The van der Waals surface area contributed by atoms with Crippen molar-refractivity contribution in [3.05, 3.63) is 53.9 Å². The van der Waals surface area contributed by atoms with Gasteiger partial charge in [0.2, 0.25) is 0 Å². The molecule has 12 heteroatoms. The Bertz CT molecular complexity index is 1020. The van der Waals surface area contributed by atoms with Crippen LogP contribution in [0.25, 0.3) is 0 Å². The van der Waals surface area contributed by atoms with Crippen molar-refractivity contribution >= 4 is 17.5 Å². The van der Waals surface area contributed by atoms with Gasteiger partial charge in [0.1, 0.15) is 11.4 Å². The second-order valence-corrected chi connectivity index (χ2v) is 8.14. The van der Waals surface area contributed by atoms with Crippen molar-refractivity contribution in [1.82, 2.24) is 9.88 Å². The molecule has 2 amide bonds. The Balaban J connectivity index is 1.69. The number of nitrogens with zero attached hydrogens (tertiary/aromatic N) is 3. The van der Waals surface area contributed by atoms with E-state index < -0.39 is 30.0 Å². The number of hydrogen-bond donors (Lipinski definition) is 0. The van der Waals surface area contributed by atoms with E-state index in [-0.39, 0.29) is 42.9 Å². The molecule has 34 heavy (non-hydrogen) atoms. The minimum absolute atomic E-state index is 0.0528. The van der Waals surface area contributed by atoms with Crippen LogP contribution in [0.1, 0.15) is 25.1 Å². The molecule has 0 N–H and O–H groups in total. The molecule has 1 fully saturated rings. The van der Waals surface area contributed by atoms with Gasteiger partial charge in [0.05, 0.1) is 24.5 Å². The quantitative estimate of drug-likeness (QED) is 0.509. The monoisotopic (exact) mass is 489 g/mol. The Hall–Kier alpha value is -3.31. The number of carbonyl (C=O) groups excluding carboxylic acids is 2. The fourth-order valence-corrected chi connectivity index (χ4v) is 3.63. The smallest absolute Gasteiger partial charge is 0.406 e. The molecule has 0 unspecified atom stereocenters. The summed E-state index contributed by atoms with van der Waals surface area (Å²) in [5.74, 6) is -0.821. The Morgan fingerprint density at radius 3 is 2.24 bits per heavy atom. The molecule has 1 aromatic carbocycles. The lowest BCUT2D eigenvalue weighted by atomic mass is 10.0. The number of hydrogen-bond acceptors (Lipinski definition) is 4. The Morgan fingerprint density at radius 1 is 1.09 bits per heavy atom. The van der Waals surface area contributed by atoms with Crippen LogP contribution in [0.3, 0.4) is 0 Å². The predicted octanol–water partition coefficient (Wildman–Crippen LogP) is 5.08. The van der Waals surface area contributed by atoms with Crippen LogP contribution in [-0.2, 0) is 17.4 Å². The number of Topliss-reactive ketones (excluding diaryl/α,β-unsaturated/α-hetero) is 1. The van der Waals surface area contributed by atoms with E-state index in [1.807, 2.05) is 13.8 Å². The topological polar surface area (TPSA) is 62.7 Å². The zero-order valence-electron chi connectivity index (χ0n) is 18.2. The van der Waals surface area contributed by atoms with Crippen LogP contribution < -0.4 is 9.64 Å². The van der Waals surface area contributed by atoms with E-state index in [0.717, 1.165) is 30.5 Å². The number of rotatable bonds is 7. The van der Waals surface area contributed by atoms with Crippen LogP contribution in [0.5, 0.6) is 5.75 Å². The average Bonchev–Trinajstić information content (AvgIpc) is 3.04. The molecule has 6 nitrogen and oxygen atoms in total. The van der Waals surface area contributed by atoms with Crippen LogP contribution in [0, 0.1) is 5.92 Å².